The molecule has 3 rings (SSSR count). The molecule has 0 spiro atoms. The molecule has 9 heteroatoms. The predicted octanol–water partition coefficient (Wildman–Crippen LogP) is 0.297. The van der Waals surface area contributed by atoms with Crippen LogP contribution in [0.3, 0.4) is 0 Å². The fraction of sp³-hybridized carbons (Fsp3) is 0.0769. The molecule has 0 bridgehead atoms. The highest BCUT2D eigenvalue weighted by molar-refractivity contribution is 5.93. The normalized spacial score (nSPS) is 10.4. The Bertz CT molecular complexity index is 771. The number of aromatic nitrogens is 6. The fourth-order valence-electron chi connectivity index (χ4n) is 1.88. The number of benzene rings is 1. The molecule has 1 aromatic carbocycles. The molecule has 0 aliphatic rings. The minimum atomic E-state index is -0.563. The molecule has 0 radical (unpaired) electrons. The lowest BCUT2D eigenvalue weighted by Gasteiger charge is -2.05. The summed E-state index contributed by atoms with van der Waals surface area (Å²) in [6.07, 6.45) is 3.23. The quantitative estimate of drug-likeness (QED) is 0.525. The van der Waals surface area contributed by atoms with Gasteiger partial charge in [0.15, 0.2) is 5.82 Å². The molecule has 2 heterocycles. The lowest BCUT2D eigenvalue weighted by Crippen LogP contribution is -2.18. The Balaban J connectivity index is 1.83. The molecular formula is C13H11N7O2. The fourth-order valence-corrected chi connectivity index (χ4v) is 1.88. The van der Waals surface area contributed by atoms with Gasteiger partial charge in [-0.2, -0.15) is 0 Å². The zero-order chi connectivity index (χ0) is 15.4. The van der Waals surface area contributed by atoms with Crippen molar-refractivity contribution in [2.75, 3.05) is 0 Å². The zero-order valence-corrected chi connectivity index (χ0v) is 11.3. The first-order chi connectivity index (χ1) is 10.8. The summed E-state index contributed by atoms with van der Waals surface area (Å²) in [6, 6.07) is 8.42. The average Bonchev–Trinajstić information content (AvgIpc) is 3.04. The van der Waals surface area contributed by atoms with E-state index in [9.17, 15) is 4.79 Å². The Morgan fingerprint density at radius 3 is 2.59 bits per heavy atom. The molecule has 1 amide bonds. The minimum Gasteiger partial charge on any atom is -0.288 e. The van der Waals surface area contributed by atoms with Crippen molar-refractivity contribution in [1.29, 1.82) is 0 Å². The van der Waals surface area contributed by atoms with Crippen molar-refractivity contribution >= 4 is 5.91 Å². The Morgan fingerprint density at radius 1 is 1.18 bits per heavy atom. The van der Waals surface area contributed by atoms with E-state index in [0.29, 0.717) is 23.8 Å². The van der Waals surface area contributed by atoms with Gasteiger partial charge in [0, 0.05) is 18.0 Å². The molecule has 0 aliphatic carbocycles. The van der Waals surface area contributed by atoms with Gasteiger partial charge >= 0.3 is 0 Å². The van der Waals surface area contributed by atoms with E-state index in [1.165, 1.54) is 0 Å². The molecule has 0 fully saturated rings. The summed E-state index contributed by atoms with van der Waals surface area (Å²) in [5.41, 5.74) is 2.83. The van der Waals surface area contributed by atoms with Crippen LogP contribution in [-0.4, -0.2) is 41.3 Å². The number of hydrogen-bond donors (Lipinski definition) is 2. The molecule has 3 aromatic rings. The monoisotopic (exact) mass is 297 g/mol. The van der Waals surface area contributed by atoms with Crippen molar-refractivity contribution in [3.8, 4) is 11.6 Å². The van der Waals surface area contributed by atoms with Crippen LogP contribution in [0.2, 0.25) is 0 Å². The van der Waals surface area contributed by atoms with E-state index in [1.807, 2.05) is 0 Å². The predicted molar refractivity (Wildman–Crippen MR) is 73.6 cm³/mol. The number of hydroxylamine groups is 1. The average molecular weight is 297 g/mol. The number of hydrogen-bond acceptors (Lipinski definition) is 7. The molecule has 0 unspecified atom stereocenters. The Hall–Kier alpha value is -3.20. The van der Waals surface area contributed by atoms with Crippen molar-refractivity contribution in [3.05, 3.63) is 53.9 Å². The number of rotatable bonds is 4. The molecule has 9 nitrogen and oxygen atoms in total. The van der Waals surface area contributed by atoms with Crippen LogP contribution < -0.4 is 5.48 Å². The Labute approximate surface area is 124 Å². The summed E-state index contributed by atoms with van der Waals surface area (Å²) >= 11 is 0. The van der Waals surface area contributed by atoms with E-state index >= 15 is 0 Å². The number of carbonyl (C=O) groups is 1. The SMILES string of the molecule is O=C(NO)c1ccc(Cn2nnnc2-c2ncccn2)cc1. The highest BCUT2D eigenvalue weighted by Gasteiger charge is 2.12. The van der Waals surface area contributed by atoms with E-state index in [1.54, 1.807) is 52.9 Å². The third-order valence-corrected chi connectivity index (χ3v) is 2.95. The second kappa shape index (κ2) is 6.06. The first-order valence-electron chi connectivity index (χ1n) is 6.35. The third-order valence-electron chi connectivity index (χ3n) is 2.95. The molecule has 22 heavy (non-hydrogen) atoms. The van der Waals surface area contributed by atoms with Gasteiger partial charge in [-0.05, 0) is 34.2 Å². The van der Waals surface area contributed by atoms with Crippen LogP contribution in [0.15, 0.2) is 42.7 Å². The summed E-state index contributed by atoms with van der Waals surface area (Å²) in [5, 5.41) is 20.1. The number of carbonyl (C=O) groups excluding carboxylic acids is 1. The van der Waals surface area contributed by atoms with Gasteiger partial charge < -0.3 is 0 Å². The van der Waals surface area contributed by atoms with Crippen LogP contribution in [0.25, 0.3) is 11.6 Å². The van der Waals surface area contributed by atoms with E-state index in [0.717, 1.165) is 5.56 Å². The standard InChI is InChI=1S/C13H11N7O2/c21-13(17-22)10-4-2-9(3-5-10)8-20-12(16-18-19-20)11-14-6-1-7-15-11/h1-7,22H,8H2,(H,17,21). The van der Waals surface area contributed by atoms with Crippen LogP contribution in [0.1, 0.15) is 15.9 Å². The lowest BCUT2D eigenvalue weighted by molar-refractivity contribution is 0.0706. The van der Waals surface area contributed by atoms with E-state index in [-0.39, 0.29) is 0 Å². The van der Waals surface area contributed by atoms with Crippen LogP contribution in [-0.2, 0) is 6.54 Å². The molecule has 2 N–H and O–H groups in total. The smallest absolute Gasteiger partial charge is 0.274 e. The summed E-state index contributed by atoms with van der Waals surface area (Å²) in [6.45, 7) is 0.404. The molecule has 0 saturated carbocycles. The molecular weight excluding hydrogens is 286 g/mol. The van der Waals surface area contributed by atoms with Crippen LogP contribution >= 0.6 is 0 Å². The van der Waals surface area contributed by atoms with Crippen LogP contribution in [0.5, 0.6) is 0 Å². The summed E-state index contributed by atoms with van der Waals surface area (Å²) in [7, 11) is 0. The summed E-state index contributed by atoms with van der Waals surface area (Å²) in [4.78, 5) is 19.5. The van der Waals surface area contributed by atoms with Gasteiger partial charge in [-0.15, -0.1) is 5.10 Å². The number of nitrogens with one attached hydrogen (secondary N) is 1. The molecule has 0 saturated heterocycles. The van der Waals surface area contributed by atoms with Crippen molar-refractivity contribution in [3.63, 3.8) is 0 Å². The minimum absolute atomic E-state index is 0.356. The van der Waals surface area contributed by atoms with Gasteiger partial charge in [0.1, 0.15) is 0 Å². The number of tetrazole rings is 1. The van der Waals surface area contributed by atoms with Gasteiger partial charge in [0.2, 0.25) is 5.82 Å². The zero-order valence-electron chi connectivity index (χ0n) is 11.3. The Morgan fingerprint density at radius 2 is 1.91 bits per heavy atom. The maximum atomic E-state index is 11.3. The first kappa shape index (κ1) is 13.8. The van der Waals surface area contributed by atoms with E-state index in [2.05, 4.69) is 25.5 Å². The summed E-state index contributed by atoms with van der Waals surface area (Å²) in [5.74, 6) is 0.328. The largest absolute Gasteiger partial charge is 0.288 e. The van der Waals surface area contributed by atoms with E-state index < -0.39 is 5.91 Å². The van der Waals surface area contributed by atoms with Crippen molar-refractivity contribution in [1.82, 2.24) is 35.7 Å². The molecule has 0 atom stereocenters. The number of amides is 1. The van der Waals surface area contributed by atoms with Gasteiger partial charge in [-0.3, -0.25) is 10.0 Å². The second-order valence-electron chi connectivity index (χ2n) is 4.37. The Kier molecular flexibility index (Phi) is 3.79. The summed E-state index contributed by atoms with van der Waals surface area (Å²) < 4.78 is 1.57. The number of nitrogens with zero attached hydrogens (tertiary/aromatic N) is 6. The lowest BCUT2D eigenvalue weighted by atomic mass is 10.1. The van der Waals surface area contributed by atoms with Crippen molar-refractivity contribution in [2.45, 2.75) is 6.54 Å². The second-order valence-corrected chi connectivity index (χ2v) is 4.37. The highest BCUT2D eigenvalue weighted by atomic mass is 16.5. The highest BCUT2D eigenvalue weighted by Crippen LogP contribution is 2.12. The van der Waals surface area contributed by atoms with Crippen molar-refractivity contribution in [2.24, 2.45) is 0 Å². The van der Waals surface area contributed by atoms with Crippen LogP contribution in [0.4, 0.5) is 0 Å². The van der Waals surface area contributed by atoms with Gasteiger partial charge in [0.05, 0.1) is 6.54 Å². The maximum absolute atomic E-state index is 11.3. The van der Waals surface area contributed by atoms with E-state index in [4.69, 9.17) is 5.21 Å². The molecule has 2 aromatic heterocycles. The topological polar surface area (TPSA) is 119 Å². The first-order valence-corrected chi connectivity index (χ1v) is 6.35. The van der Waals surface area contributed by atoms with Gasteiger partial charge in [-0.1, -0.05) is 12.1 Å². The van der Waals surface area contributed by atoms with Crippen LogP contribution in [0, 0.1) is 0 Å². The molecule has 0 aliphatic heterocycles. The maximum Gasteiger partial charge on any atom is 0.274 e. The van der Waals surface area contributed by atoms with Gasteiger partial charge in [-0.25, -0.2) is 20.1 Å². The third kappa shape index (κ3) is 2.79. The van der Waals surface area contributed by atoms with Crippen molar-refractivity contribution < 1.29 is 10.0 Å². The molecule has 110 valence electrons. The van der Waals surface area contributed by atoms with Gasteiger partial charge in [0.25, 0.3) is 5.91 Å².